The van der Waals surface area contributed by atoms with Crippen LogP contribution >= 0.6 is 0 Å². The zero-order valence-electron chi connectivity index (χ0n) is 55.1. The minimum absolute atomic E-state index is 0.0130. The van der Waals surface area contributed by atoms with E-state index in [9.17, 15) is 66.1 Å². The summed E-state index contributed by atoms with van der Waals surface area (Å²) in [7, 11) is -21.0. The summed E-state index contributed by atoms with van der Waals surface area (Å²) < 4.78 is 142. The number of nitrogens with zero attached hydrogens (tertiary/aromatic N) is 5. The van der Waals surface area contributed by atoms with Crippen molar-refractivity contribution in [2.75, 3.05) is 102 Å². The first-order chi connectivity index (χ1) is 41.4. The molecule has 0 saturated heterocycles. The van der Waals surface area contributed by atoms with E-state index in [1.807, 2.05) is 27.7 Å². The number of sulfonamides is 5. The number of amides is 5. The van der Waals surface area contributed by atoms with E-state index in [0.29, 0.717) is 12.0 Å². The molecule has 90 heavy (non-hydrogen) atoms. The molecule has 0 aliphatic rings. The van der Waals surface area contributed by atoms with Gasteiger partial charge in [0.05, 0.1) is 62.0 Å². The Labute approximate surface area is 538 Å². The van der Waals surface area contributed by atoms with Gasteiger partial charge in [-0.05, 0) is 66.8 Å². The van der Waals surface area contributed by atoms with Crippen LogP contribution in [0.1, 0.15) is 121 Å². The molecule has 0 aromatic heterocycles. The first kappa shape index (κ1) is 83.4. The first-order valence-electron chi connectivity index (χ1n) is 30.5. The summed E-state index contributed by atoms with van der Waals surface area (Å²) in [5.74, 6) is -8.15. The summed E-state index contributed by atoms with van der Waals surface area (Å²) in [4.78, 5) is 68.6. The fourth-order valence-electron chi connectivity index (χ4n) is 9.81. The number of hydrogen-bond acceptors (Lipinski definition) is 17. The Morgan fingerprint density at radius 1 is 0.511 bits per heavy atom. The Kier molecular flexibility index (Phi) is 36.3. The van der Waals surface area contributed by atoms with Crippen molar-refractivity contribution in [1.82, 2.24) is 48.1 Å². The van der Waals surface area contributed by atoms with Gasteiger partial charge < -0.3 is 43.8 Å². The molecule has 0 bridgehead atoms. The summed E-state index contributed by atoms with van der Waals surface area (Å²) >= 11 is 0. The average Bonchev–Trinajstić information content (AvgIpc) is 0.948. The SMILES string of the molecule is CCC(C)[C@@H](CN(CC(=O)N[C@@H](CC(C)C)CN(CC(=O)N[C@@H](CC(C)C)CN(CC(N)=O)S(=O)(=O)Cc1ccccc1)S(=O)(=O)CC(C)C)S(C)(=O)=O)NC(=O)CN(C[C@H](CCCNC(=N)N)NC(=O)CN(CC(C)C)S(=O)(=O)CCN)S(=O)(=O)CC(C)C. The lowest BCUT2D eigenvalue weighted by atomic mass is 9.99. The molecule has 29 nitrogen and oxygen atoms in total. The monoisotopic (exact) mass is 1380 g/mol. The maximum Gasteiger partial charge on any atom is 0.235 e. The van der Waals surface area contributed by atoms with Gasteiger partial charge >= 0.3 is 0 Å². The lowest BCUT2D eigenvalue weighted by Crippen LogP contribution is -2.56. The molecule has 34 heteroatoms. The number of nitrogens with one attached hydrogen (secondary N) is 6. The third kappa shape index (κ3) is 33.8. The normalized spacial score (nSPS) is 14.6. The Morgan fingerprint density at radius 3 is 1.31 bits per heavy atom. The molecule has 5 amide bonds. The molecule has 12 N–H and O–H groups in total. The van der Waals surface area contributed by atoms with Crippen molar-refractivity contribution in [3.63, 3.8) is 0 Å². The van der Waals surface area contributed by atoms with Crippen molar-refractivity contribution in [2.45, 2.75) is 145 Å². The molecule has 0 aliphatic heterocycles. The predicted octanol–water partition coefficient (Wildman–Crippen LogP) is -0.272. The molecule has 0 spiro atoms. The fourth-order valence-corrected chi connectivity index (χ4v) is 17.1. The molecule has 0 saturated carbocycles. The highest BCUT2D eigenvalue weighted by Crippen LogP contribution is 2.19. The minimum atomic E-state index is -4.30. The Balaban J connectivity index is 3.68. The van der Waals surface area contributed by atoms with Gasteiger partial charge in [-0.15, -0.1) is 0 Å². The number of carbonyl (C=O) groups is 5. The van der Waals surface area contributed by atoms with Gasteiger partial charge in [-0.1, -0.05) is 120 Å². The lowest BCUT2D eigenvalue weighted by molar-refractivity contribution is -0.123. The van der Waals surface area contributed by atoms with E-state index < -0.39 is 197 Å². The summed E-state index contributed by atoms with van der Waals surface area (Å²) in [6.07, 6.45) is 1.89. The number of nitrogens with two attached hydrogens (primary N) is 3. The van der Waals surface area contributed by atoms with Gasteiger partial charge in [-0.25, -0.2) is 42.1 Å². The molecule has 1 unspecified atom stereocenters. The molecule has 0 heterocycles. The topological polar surface area (TPSA) is 434 Å². The van der Waals surface area contributed by atoms with E-state index in [1.165, 1.54) is 0 Å². The van der Waals surface area contributed by atoms with Gasteiger partial charge in [0, 0.05) is 70.0 Å². The molecule has 5 atom stereocenters. The van der Waals surface area contributed by atoms with Crippen LogP contribution in [0.25, 0.3) is 0 Å². The molecular weight excluding hydrogens is 1270 g/mol. The van der Waals surface area contributed by atoms with Gasteiger partial charge in [0.1, 0.15) is 0 Å². The van der Waals surface area contributed by atoms with E-state index in [0.717, 1.165) is 27.8 Å². The molecule has 0 radical (unpaired) electrons. The van der Waals surface area contributed by atoms with E-state index in [4.69, 9.17) is 22.6 Å². The molecule has 0 aliphatic carbocycles. The van der Waals surface area contributed by atoms with Crippen molar-refractivity contribution in [3.8, 4) is 0 Å². The Bertz CT molecular complexity index is 3010. The van der Waals surface area contributed by atoms with Crippen LogP contribution in [0.5, 0.6) is 0 Å². The van der Waals surface area contributed by atoms with Crippen molar-refractivity contribution >= 4 is 85.6 Å². The highest BCUT2D eigenvalue weighted by atomic mass is 32.2. The molecule has 1 rings (SSSR count). The highest BCUT2D eigenvalue weighted by molar-refractivity contribution is 7.90. The number of rotatable bonds is 47. The maximum atomic E-state index is 14.3. The number of guanidine groups is 1. The van der Waals surface area contributed by atoms with Crippen molar-refractivity contribution < 1.29 is 66.1 Å². The minimum Gasteiger partial charge on any atom is -0.370 e. The summed E-state index contributed by atoms with van der Waals surface area (Å²) in [5, 5.41) is 21.3. The standard InChI is InChI=1S/C56H108N14O15S5/c1-14-45(12)50(65-55(75)36-69(88(80,81)37-43(8)9)28-47(21-18-23-61-56(59)60)62-53(73)34-67(27-42(6)7)87(78,79)24-22-57)31-66(86(13,76)77)33-52(72)63-49(26-41(4)5)30-70(89(82,83)38-44(10)11)35-54(74)64-48(25-40(2)3)29-68(32-51(58)71)90(84,85)39-46-19-16-15-17-20-46/h15-17,19-20,40-45,47-50H,14,18,21-39,57H2,1-13H3,(H2,58,71)(H,62,73)(H,63,72)(H,64,74)(H,65,75)(H4,59,60,61)/t45?,47-,48-,49-,50+/m0/s1. The van der Waals surface area contributed by atoms with Gasteiger partial charge in [-0.3, -0.25) is 29.4 Å². The molecule has 522 valence electrons. The van der Waals surface area contributed by atoms with Crippen LogP contribution in [0, 0.1) is 40.9 Å². The third-order valence-corrected chi connectivity index (χ3v) is 23.0. The zero-order chi connectivity index (χ0) is 69.1. The third-order valence-electron chi connectivity index (χ3n) is 13.9. The van der Waals surface area contributed by atoms with E-state index >= 15 is 0 Å². The number of primary amides is 1. The molecule has 1 aromatic carbocycles. The van der Waals surface area contributed by atoms with Crippen molar-refractivity contribution in [1.29, 1.82) is 5.41 Å². The summed E-state index contributed by atoms with van der Waals surface area (Å²) in [6, 6.07) is 4.25. The molecule has 0 fully saturated rings. The van der Waals surface area contributed by atoms with Crippen molar-refractivity contribution in [3.05, 3.63) is 35.9 Å². The summed E-state index contributed by atoms with van der Waals surface area (Å²) in [6.45, 7) is 15.4. The number of benzene rings is 1. The number of hydrogen-bond donors (Lipinski definition) is 9. The van der Waals surface area contributed by atoms with Gasteiger partial charge in [0.2, 0.25) is 79.7 Å². The second-order valence-corrected chi connectivity index (χ2v) is 35.4. The van der Waals surface area contributed by atoms with Crippen LogP contribution < -0.4 is 43.8 Å². The van der Waals surface area contributed by atoms with Crippen LogP contribution in [0.2, 0.25) is 0 Å². The maximum absolute atomic E-state index is 14.3. The fraction of sp³-hybridized carbons (Fsp3) is 0.786. The molecule has 1 aromatic rings. The zero-order valence-corrected chi connectivity index (χ0v) is 59.2. The Hall–Kier alpha value is -4.65. The molecular formula is C56H108N14O15S5. The van der Waals surface area contributed by atoms with Crippen molar-refractivity contribution in [2.24, 2.45) is 52.7 Å². The predicted molar refractivity (Wildman–Crippen MR) is 351 cm³/mol. The number of carbonyl (C=O) groups excluding carboxylic acids is 5. The van der Waals surface area contributed by atoms with Gasteiger partial charge in [0.25, 0.3) is 0 Å². The smallest absolute Gasteiger partial charge is 0.235 e. The van der Waals surface area contributed by atoms with Crippen LogP contribution in [0.15, 0.2) is 30.3 Å². The second kappa shape index (κ2) is 39.1. The van der Waals surface area contributed by atoms with E-state index in [-0.39, 0.29) is 75.6 Å². The Morgan fingerprint density at radius 2 is 0.922 bits per heavy atom. The highest BCUT2D eigenvalue weighted by Gasteiger charge is 2.36. The van der Waals surface area contributed by atoms with E-state index in [2.05, 4.69) is 26.6 Å². The van der Waals surface area contributed by atoms with Crippen LogP contribution in [-0.4, -0.2) is 225 Å². The largest absolute Gasteiger partial charge is 0.370 e. The quantitative estimate of drug-likeness (QED) is 0.0230. The van der Waals surface area contributed by atoms with Crippen LogP contribution in [0.3, 0.4) is 0 Å². The lowest BCUT2D eigenvalue weighted by Gasteiger charge is -2.33. The van der Waals surface area contributed by atoms with E-state index in [1.54, 1.807) is 85.7 Å². The summed E-state index contributed by atoms with van der Waals surface area (Å²) in [5.41, 5.74) is 17.0. The van der Waals surface area contributed by atoms with Crippen LogP contribution in [-0.2, 0) is 79.8 Å². The average molecular weight is 1380 g/mol. The first-order valence-corrected chi connectivity index (χ1v) is 38.8. The second-order valence-electron chi connectivity index (χ2n) is 25.4. The van der Waals surface area contributed by atoms with Gasteiger partial charge in [-0.2, -0.15) is 21.5 Å². The van der Waals surface area contributed by atoms with Gasteiger partial charge in [0.15, 0.2) is 5.96 Å². The van der Waals surface area contributed by atoms with Crippen LogP contribution in [0.4, 0.5) is 0 Å².